The van der Waals surface area contributed by atoms with E-state index in [1.165, 1.54) is 0 Å². The Morgan fingerprint density at radius 2 is 1.42 bits per heavy atom. The van der Waals surface area contributed by atoms with E-state index >= 15 is 0 Å². The first-order valence-corrected chi connectivity index (χ1v) is 11.3. The van der Waals surface area contributed by atoms with Crippen molar-refractivity contribution in [3.05, 3.63) is 28.8 Å². The summed E-state index contributed by atoms with van der Waals surface area (Å²) in [7, 11) is -0.598. The van der Waals surface area contributed by atoms with Gasteiger partial charge in [-0.1, -0.05) is 53.7 Å². The Labute approximate surface area is 189 Å². The maximum atomic E-state index is 12.6. The lowest BCUT2D eigenvalue weighted by Gasteiger charge is -2.32. The predicted octanol–water partition coefficient (Wildman–Crippen LogP) is 5.66. The Morgan fingerprint density at radius 1 is 1.00 bits per heavy atom. The van der Waals surface area contributed by atoms with E-state index in [0.717, 1.165) is 16.7 Å². The minimum Gasteiger partial charge on any atom is -0.507 e. The van der Waals surface area contributed by atoms with E-state index in [1.807, 2.05) is 39.8 Å². The second kappa shape index (κ2) is 8.44. The van der Waals surface area contributed by atoms with E-state index < -0.39 is 18.3 Å². The molecule has 1 aliphatic rings. The molecule has 0 spiro atoms. The Bertz CT molecular complexity index is 763. The Hall–Kier alpha value is -1.53. The third-order valence-electron chi connectivity index (χ3n) is 6.47. The van der Waals surface area contributed by atoms with E-state index in [9.17, 15) is 9.90 Å². The average molecular weight is 432 g/mol. The van der Waals surface area contributed by atoms with Crippen LogP contribution < -0.4 is 0 Å². The molecule has 0 radical (unpaired) electrons. The molecule has 2 rings (SSSR count). The molecule has 0 aliphatic carbocycles. The summed E-state index contributed by atoms with van der Waals surface area (Å²) in [6, 6.07) is 4.00. The maximum Gasteiger partial charge on any atom is 0.466 e. The molecular formula is C25H41BO5. The largest absolute Gasteiger partial charge is 0.507 e. The van der Waals surface area contributed by atoms with Crippen LogP contribution in [-0.2, 0) is 29.7 Å². The van der Waals surface area contributed by atoms with E-state index in [2.05, 4.69) is 41.5 Å². The van der Waals surface area contributed by atoms with E-state index in [-0.39, 0.29) is 29.0 Å². The maximum absolute atomic E-state index is 12.6. The molecular weight excluding hydrogens is 391 g/mol. The van der Waals surface area contributed by atoms with Gasteiger partial charge in [0, 0.05) is 5.82 Å². The van der Waals surface area contributed by atoms with Crippen molar-refractivity contribution in [2.45, 2.75) is 110 Å². The van der Waals surface area contributed by atoms with Crippen LogP contribution in [0.5, 0.6) is 5.75 Å². The zero-order chi connectivity index (χ0) is 24.0. The van der Waals surface area contributed by atoms with Gasteiger partial charge >= 0.3 is 13.1 Å². The number of carbonyl (C=O) groups excluding carboxylic acids is 1. The number of ether oxygens (including phenoxy) is 1. The molecule has 0 aromatic heterocycles. The highest BCUT2D eigenvalue weighted by atomic mass is 16.7. The fourth-order valence-electron chi connectivity index (χ4n) is 3.84. The molecule has 1 N–H and O–H groups in total. The summed E-state index contributed by atoms with van der Waals surface area (Å²) in [6.45, 7) is 22.6. The number of rotatable bonds is 5. The summed E-state index contributed by atoms with van der Waals surface area (Å²) in [5, 5.41) is 11.1. The lowest BCUT2D eigenvalue weighted by molar-refractivity contribution is -0.143. The quantitative estimate of drug-likeness (QED) is 0.481. The topological polar surface area (TPSA) is 65.0 Å². The van der Waals surface area contributed by atoms with Crippen LogP contribution in [0, 0.1) is 0 Å². The molecule has 1 aromatic carbocycles. The summed E-state index contributed by atoms with van der Waals surface area (Å²) >= 11 is 0. The molecule has 1 aliphatic heterocycles. The zero-order valence-corrected chi connectivity index (χ0v) is 21.3. The molecule has 1 unspecified atom stereocenters. The molecule has 1 saturated heterocycles. The van der Waals surface area contributed by atoms with Crippen molar-refractivity contribution >= 4 is 13.1 Å². The van der Waals surface area contributed by atoms with Crippen molar-refractivity contribution in [2.75, 3.05) is 6.61 Å². The van der Waals surface area contributed by atoms with Crippen LogP contribution in [0.15, 0.2) is 12.1 Å². The van der Waals surface area contributed by atoms with Gasteiger partial charge in [0.1, 0.15) is 5.75 Å². The zero-order valence-electron chi connectivity index (χ0n) is 21.3. The fourth-order valence-corrected chi connectivity index (χ4v) is 3.84. The number of carbonyl (C=O) groups is 1. The number of hydrogen-bond acceptors (Lipinski definition) is 5. The first kappa shape index (κ1) is 25.7. The fraction of sp³-hybridized carbons (Fsp3) is 0.720. The van der Waals surface area contributed by atoms with Gasteiger partial charge in [0.2, 0.25) is 0 Å². The summed E-state index contributed by atoms with van der Waals surface area (Å²) in [5.41, 5.74) is 1.04. The summed E-state index contributed by atoms with van der Waals surface area (Å²) in [6.07, 6.45) is 0.141. The third-order valence-corrected chi connectivity index (χ3v) is 6.47. The molecule has 5 nitrogen and oxygen atoms in total. The van der Waals surface area contributed by atoms with Crippen molar-refractivity contribution in [3.63, 3.8) is 0 Å². The number of phenolic OH excluding ortho intramolecular Hbond substituents is 1. The van der Waals surface area contributed by atoms with Gasteiger partial charge < -0.3 is 19.2 Å². The lowest BCUT2D eigenvalue weighted by Crippen LogP contribution is -2.41. The minimum atomic E-state index is -0.598. The Balaban J connectivity index is 2.67. The highest BCUT2D eigenvalue weighted by Crippen LogP contribution is 2.45. The van der Waals surface area contributed by atoms with Gasteiger partial charge in [0.15, 0.2) is 0 Å². The molecule has 1 heterocycles. The lowest BCUT2D eigenvalue weighted by atomic mass is 9.64. The monoisotopic (exact) mass is 432 g/mol. The highest BCUT2D eigenvalue weighted by Gasteiger charge is 2.54. The van der Waals surface area contributed by atoms with Gasteiger partial charge in [0.25, 0.3) is 0 Å². The van der Waals surface area contributed by atoms with E-state index in [4.69, 9.17) is 14.0 Å². The molecule has 1 fully saturated rings. The molecule has 174 valence electrons. The first-order chi connectivity index (χ1) is 13.9. The van der Waals surface area contributed by atoms with Gasteiger partial charge in [-0.05, 0) is 62.1 Å². The molecule has 31 heavy (non-hydrogen) atoms. The second-order valence-electron chi connectivity index (χ2n) is 11.7. The average Bonchev–Trinajstić information content (AvgIpc) is 2.78. The van der Waals surface area contributed by atoms with Crippen molar-refractivity contribution in [1.29, 1.82) is 0 Å². The molecule has 1 atom stereocenters. The molecule has 1 aromatic rings. The molecule has 0 bridgehead atoms. The van der Waals surface area contributed by atoms with Crippen LogP contribution in [0.4, 0.5) is 0 Å². The smallest absolute Gasteiger partial charge is 0.466 e. The van der Waals surface area contributed by atoms with E-state index in [1.54, 1.807) is 6.92 Å². The Kier molecular flexibility index (Phi) is 7.00. The SMILES string of the molecule is CCOC(=O)CC(B1OC(C)(C)C(C)(C)O1)c1cc(C(C)(C)C)c(O)c(C(C)(C)C)c1. The number of esters is 1. The van der Waals surface area contributed by atoms with Crippen molar-refractivity contribution in [3.8, 4) is 5.75 Å². The summed E-state index contributed by atoms with van der Waals surface area (Å²) in [4.78, 5) is 12.6. The summed E-state index contributed by atoms with van der Waals surface area (Å²) in [5.74, 6) is -0.333. The minimum absolute atomic E-state index is 0.141. The van der Waals surface area contributed by atoms with Gasteiger partial charge in [-0.2, -0.15) is 0 Å². The van der Waals surface area contributed by atoms with Crippen LogP contribution >= 0.6 is 0 Å². The highest BCUT2D eigenvalue weighted by molar-refractivity contribution is 6.48. The van der Waals surface area contributed by atoms with Gasteiger partial charge in [-0.15, -0.1) is 0 Å². The Morgan fingerprint density at radius 3 is 1.77 bits per heavy atom. The number of phenols is 1. The van der Waals surface area contributed by atoms with Crippen LogP contribution in [0.25, 0.3) is 0 Å². The molecule has 0 amide bonds. The standard InChI is InChI=1S/C25H41BO5/c1-12-29-20(27)15-19(26-30-24(8,9)25(10,11)31-26)16-13-17(22(2,3)4)21(28)18(14-16)23(5,6)7/h13-14,19,28H,12,15H2,1-11H3. The number of benzene rings is 1. The predicted molar refractivity (Wildman–Crippen MR) is 126 cm³/mol. The normalized spacial score (nSPS) is 19.4. The van der Waals surface area contributed by atoms with Crippen LogP contribution in [0.1, 0.15) is 105 Å². The van der Waals surface area contributed by atoms with Crippen molar-refractivity contribution in [2.24, 2.45) is 0 Å². The third kappa shape index (κ3) is 5.46. The number of hydrogen-bond donors (Lipinski definition) is 1. The van der Waals surface area contributed by atoms with E-state index in [0.29, 0.717) is 12.4 Å². The van der Waals surface area contributed by atoms with Crippen molar-refractivity contribution in [1.82, 2.24) is 0 Å². The van der Waals surface area contributed by atoms with Crippen LogP contribution in [0.3, 0.4) is 0 Å². The van der Waals surface area contributed by atoms with Gasteiger partial charge in [-0.3, -0.25) is 4.79 Å². The van der Waals surface area contributed by atoms with Crippen molar-refractivity contribution < 1.29 is 23.9 Å². The molecule has 0 saturated carbocycles. The van der Waals surface area contributed by atoms with Gasteiger partial charge in [0.05, 0.1) is 24.2 Å². The van der Waals surface area contributed by atoms with Gasteiger partial charge in [-0.25, -0.2) is 0 Å². The molecule has 6 heteroatoms. The summed E-state index contributed by atoms with van der Waals surface area (Å²) < 4.78 is 18.0. The first-order valence-electron chi connectivity index (χ1n) is 11.3. The van der Waals surface area contributed by atoms with Crippen LogP contribution in [-0.4, -0.2) is 36.0 Å². The second-order valence-corrected chi connectivity index (χ2v) is 11.7. The van der Waals surface area contributed by atoms with Crippen LogP contribution in [0.2, 0.25) is 0 Å². The number of aromatic hydroxyl groups is 1.